The first-order valence-electron chi connectivity index (χ1n) is 4.98. The third kappa shape index (κ3) is 3.75. The van der Waals surface area contributed by atoms with Gasteiger partial charge in [-0.2, -0.15) is 4.57 Å². The molecular weight excluding hydrogens is 366 g/mol. The SMILES string of the molecule is NS(=O)(=O)c1c[n+](-c2cc(Cl)ccc2Cl)ccc1Cl.[Cl-]. The fourth-order valence-corrected chi connectivity index (χ4v) is 2.91. The Labute approximate surface area is 137 Å². The molecule has 1 aromatic heterocycles. The van der Waals surface area contributed by atoms with Gasteiger partial charge in [0.15, 0.2) is 17.3 Å². The number of nitrogens with two attached hydrogens (primary N) is 1. The predicted molar refractivity (Wildman–Crippen MR) is 74.4 cm³/mol. The zero-order valence-corrected chi connectivity index (χ0v) is 13.6. The molecule has 0 unspecified atom stereocenters. The third-order valence-electron chi connectivity index (χ3n) is 2.37. The summed E-state index contributed by atoms with van der Waals surface area (Å²) in [4.78, 5) is -0.187. The Morgan fingerprint density at radius 1 is 1.05 bits per heavy atom. The van der Waals surface area contributed by atoms with Gasteiger partial charge in [-0.15, -0.1) is 0 Å². The van der Waals surface area contributed by atoms with Crippen LogP contribution in [0.2, 0.25) is 15.1 Å². The number of pyridine rings is 1. The number of aromatic nitrogens is 1. The molecule has 2 N–H and O–H groups in total. The van der Waals surface area contributed by atoms with Crippen molar-refractivity contribution >= 4 is 44.8 Å². The summed E-state index contributed by atoms with van der Waals surface area (Å²) in [5.41, 5.74) is 0.524. The first-order chi connectivity index (χ1) is 8.79. The van der Waals surface area contributed by atoms with Gasteiger partial charge in [-0.25, -0.2) is 13.6 Å². The molecule has 0 atom stereocenters. The minimum absolute atomic E-state index is 0. The van der Waals surface area contributed by atoms with Crippen LogP contribution in [0.5, 0.6) is 0 Å². The molecule has 4 nitrogen and oxygen atoms in total. The van der Waals surface area contributed by atoms with Crippen LogP contribution in [0.15, 0.2) is 41.6 Å². The lowest BCUT2D eigenvalue weighted by molar-refractivity contribution is -0.597. The topological polar surface area (TPSA) is 64.0 Å². The molecule has 1 heterocycles. The Kier molecular flexibility index (Phi) is 5.66. The highest BCUT2D eigenvalue weighted by Gasteiger charge is 2.20. The lowest BCUT2D eigenvalue weighted by Crippen LogP contribution is -3.00. The van der Waals surface area contributed by atoms with E-state index in [1.807, 2.05) is 0 Å². The summed E-state index contributed by atoms with van der Waals surface area (Å²) >= 11 is 17.7. The predicted octanol–water partition coefficient (Wildman–Crippen LogP) is -0.425. The molecule has 0 bridgehead atoms. The molecule has 0 radical (unpaired) electrons. The van der Waals surface area contributed by atoms with E-state index in [4.69, 9.17) is 39.9 Å². The van der Waals surface area contributed by atoms with Gasteiger partial charge in [0.25, 0.3) is 0 Å². The number of hydrogen-bond acceptors (Lipinski definition) is 2. The molecule has 108 valence electrons. The van der Waals surface area contributed by atoms with Crippen molar-refractivity contribution in [1.29, 1.82) is 0 Å². The standard InChI is InChI=1S/C11H8Cl3N2O2S.ClH/c12-7-1-2-8(13)10(5-7)16-4-3-9(14)11(6-16)19(15,17)18;/h1-6H,(H2,15,17,18);1H/q+1;/p-1. The van der Waals surface area contributed by atoms with Crippen molar-refractivity contribution in [2.24, 2.45) is 5.14 Å². The number of primary sulfonamides is 1. The highest BCUT2D eigenvalue weighted by atomic mass is 35.5. The molecule has 0 aliphatic carbocycles. The number of hydrogen-bond donors (Lipinski definition) is 1. The number of halogens is 4. The minimum Gasteiger partial charge on any atom is -1.00 e. The van der Waals surface area contributed by atoms with Gasteiger partial charge in [-0.1, -0.05) is 34.8 Å². The van der Waals surface area contributed by atoms with Crippen molar-refractivity contribution in [2.45, 2.75) is 4.90 Å². The number of rotatable bonds is 2. The average molecular weight is 374 g/mol. The molecule has 2 rings (SSSR count). The Hall–Kier alpha value is -0.560. The van der Waals surface area contributed by atoms with Gasteiger partial charge in [-0.3, -0.25) is 0 Å². The van der Waals surface area contributed by atoms with E-state index in [0.717, 1.165) is 0 Å². The Balaban J connectivity index is 0.00000200. The van der Waals surface area contributed by atoms with Gasteiger partial charge >= 0.3 is 0 Å². The van der Waals surface area contributed by atoms with Crippen LogP contribution < -0.4 is 22.1 Å². The fourth-order valence-electron chi connectivity index (χ4n) is 1.50. The third-order valence-corrected chi connectivity index (χ3v) is 4.30. The zero-order chi connectivity index (χ0) is 14.2. The second-order valence-corrected chi connectivity index (χ2v) is 6.49. The molecule has 0 spiro atoms. The molecule has 2 aromatic rings. The maximum Gasteiger partial charge on any atom is 0.245 e. The largest absolute Gasteiger partial charge is 1.00 e. The van der Waals surface area contributed by atoms with E-state index in [1.54, 1.807) is 24.4 Å². The van der Waals surface area contributed by atoms with E-state index in [-0.39, 0.29) is 22.3 Å². The smallest absolute Gasteiger partial charge is 0.245 e. The van der Waals surface area contributed by atoms with Crippen LogP contribution in [0.3, 0.4) is 0 Å². The van der Waals surface area contributed by atoms with Gasteiger partial charge in [0, 0.05) is 17.2 Å². The average Bonchev–Trinajstić information content (AvgIpc) is 2.31. The first kappa shape index (κ1) is 17.5. The van der Waals surface area contributed by atoms with Crippen molar-refractivity contribution in [1.82, 2.24) is 0 Å². The molecule has 0 saturated heterocycles. The summed E-state index contributed by atoms with van der Waals surface area (Å²) in [5, 5.41) is 6.01. The maximum absolute atomic E-state index is 11.4. The summed E-state index contributed by atoms with van der Waals surface area (Å²) < 4.78 is 24.3. The molecule has 0 fully saturated rings. The van der Waals surface area contributed by atoms with Crippen LogP contribution in [0, 0.1) is 0 Å². The summed E-state index contributed by atoms with van der Waals surface area (Å²) in [6.45, 7) is 0. The number of sulfonamides is 1. The van der Waals surface area contributed by atoms with E-state index in [9.17, 15) is 8.42 Å². The van der Waals surface area contributed by atoms with Crippen molar-refractivity contribution in [3.05, 3.63) is 51.7 Å². The minimum atomic E-state index is -3.92. The van der Waals surface area contributed by atoms with E-state index < -0.39 is 10.0 Å². The number of benzene rings is 1. The zero-order valence-electron chi connectivity index (χ0n) is 9.73. The molecule has 0 amide bonds. The van der Waals surface area contributed by atoms with E-state index in [0.29, 0.717) is 15.7 Å². The molecule has 20 heavy (non-hydrogen) atoms. The lowest BCUT2D eigenvalue weighted by Gasteiger charge is -2.03. The molecular formula is C11H8Cl4N2O2S. The van der Waals surface area contributed by atoms with Crippen molar-refractivity contribution in [3.8, 4) is 5.69 Å². The van der Waals surface area contributed by atoms with Crippen LogP contribution in [-0.2, 0) is 10.0 Å². The van der Waals surface area contributed by atoms with Gasteiger partial charge in [-0.05, 0) is 12.1 Å². The molecule has 0 aliphatic rings. The normalized spacial score (nSPS) is 11.0. The van der Waals surface area contributed by atoms with Gasteiger partial charge in [0.1, 0.15) is 5.02 Å². The van der Waals surface area contributed by atoms with Crippen LogP contribution in [0.25, 0.3) is 5.69 Å². The quantitative estimate of drug-likeness (QED) is 0.726. The van der Waals surface area contributed by atoms with Crippen LogP contribution in [0.4, 0.5) is 0 Å². The second kappa shape index (κ2) is 6.47. The van der Waals surface area contributed by atoms with E-state index >= 15 is 0 Å². The summed E-state index contributed by atoms with van der Waals surface area (Å²) in [6.07, 6.45) is 2.85. The fraction of sp³-hybridized carbons (Fsp3) is 0. The van der Waals surface area contributed by atoms with Crippen molar-refractivity contribution < 1.29 is 25.4 Å². The van der Waals surface area contributed by atoms with Gasteiger partial charge in [0.2, 0.25) is 15.7 Å². The highest BCUT2D eigenvalue weighted by Crippen LogP contribution is 2.22. The highest BCUT2D eigenvalue weighted by molar-refractivity contribution is 7.89. The Morgan fingerprint density at radius 3 is 2.30 bits per heavy atom. The lowest BCUT2D eigenvalue weighted by atomic mass is 10.3. The molecule has 9 heteroatoms. The second-order valence-electron chi connectivity index (χ2n) is 3.71. The van der Waals surface area contributed by atoms with Crippen molar-refractivity contribution in [3.63, 3.8) is 0 Å². The van der Waals surface area contributed by atoms with E-state index in [2.05, 4.69) is 0 Å². The van der Waals surface area contributed by atoms with Gasteiger partial charge < -0.3 is 12.4 Å². The molecule has 0 aliphatic heterocycles. The monoisotopic (exact) mass is 372 g/mol. The Bertz CT molecular complexity index is 750. The van der Waals surface area contributed by atoms with Crippen molar-refractivity contribution in [2.75, 3.05) is 0 Å². The summed E-state index contributed by atoms with van der Waals surface area (Å²) in [7, 11) is -3.92. The van der Waals surface area contributed by atoms with Crippen LogP contribution >= 0.6 is 34.8 Å². The number of nitrogens with zero attached hydrogens (tertiary/aromatic N) is 1. The van der Waals surface area contributed by atoms with Crippen LogP contribution in [-0.4, -0.2) is 8.42 Å². The van der Waals surface area contributed by atoms with Gasteiger partial charge in [0.05, 0.1) is 5.02 Å². The Morgan fingerprint density at radius 2 is 1.70 bits per heavy atom. The molecule has 0 saturated carbocycles. The summed E-state index contributed by atoms with van der Waals surface area (Å²) in [6, 6.07) is 6.26. The van der Waals surface area contributed by atoms with Crippen LogP contribution in [0.1, 0.15) is 0 Å². The molecule has 1 aromatic carbocycles. The maximum atomic E-state index is 11.4. The van der Waals surface area contributed by atoms with E-state index in [1.165, 1.54) is 16.8 Å². The summed E-state index contributed by atoms with van der Waals surface area (Å²) in [5.74, 6) is 0. The first-order valence-corrected chi connectivity index (χ1v) is 7.66.